The predicted molar refractivity (Wildman–Crippen MR) is 67.0 cm³/mol. The fourth-order valence-corrected chi connectivity index (χ4v) is 3.21. The summed E-state index contributed by atoms with van der Waals surface area (Å²) in [5.74, 6) is -0.416. The van der Waals surface area contributed by atoms with Crippen molar-refractivity contribution in [3.05, 3.63) is 0 Å². The highest BCUT2D eigenvalue weighted by Crippen LogP contribution is 2.23. The fourth-order valence-electron chi connectivity index (χ4n) is 2.58. The maximum Gasteiger partial charge on any atom is 0.237 e. The maximum absolute atomic E-state index is 11.8. The summed E-state index contributed by atoms with van der Waals surface area (Å²) >= 11 is 0. The molecule has 7 heteroatoms. The summed E-state index contributed by atoms with van der Waals surface area (Å²) in [4.78, 5) is 15.7. The van der Waals surface area contributed by atoms with Crippen LogP contribution >= 0.6 is 0 Å². The minimum Gasteiger partial charge on any atom is -0.375 e. The normalized spacial score (nSPS) is 30.0. The highest BCUT2D eigenvalue weighted by atomic mass is 32.2. The maximum atomic E-state index is 11.8. The summed E-state index contributed by atoms with van der Waals surface area (Å²) in [6.45, 7) is 3.60. The molecule has 2 atom stereocenters. The van der Waals surface area contributed by atoms with E-state index in [1.165, 1.54) is 0 Å². The molecule has 0 bridgehead atoms. The first-order valence-corrected chi connectivity index (χ1v) is 8.17. The molecular formula is C11H20N2O4S. The van der Waals surface area contributed by atoms with Crippen molar-refractivity contribution >= 4 is 15.7 Å². The van der Waals surface area contributed by atoms with Crippen molar-refractivity contribution < 1.29 is 17.9 Å². The van der Waals surface area contributed by atoms with Crippen molar-refractivity contribution in [2.45, 2.75) is 6.10 Å². The Balaban J connectivity index is 1.97. The summed E-state index contributed by atoms with van der Waals surface area (Å²) in [7, 11) is -1.22. The van der Waals surface area contributed by atoms with Gasteiger partial charge in [0, 0.05) is 38.4 Å². The first kappa shape index (κ1) is 13.8. The van der Waals surface area contributed by atoms with Crippen LogP contribution in [0.15, 0.2) is 0 Å². The largest absolute Gasteiger partial charge is 0.375 e. The van der Waals surface area contributed by atoms with Gasteiger partial charge in [-0.25, -0.2) is 8.42 Å². The Hall–Kier alpha value is -0.660. The third-order valence-electron chi connectivity index (χ3n) is 3.47. The molecule has 0 aliphatic carbocycles. The van der Waals surface area contributed by atoms with Crippen molar-refractivity contribution in [2.24, 2.45) is 5.92 Å². The average molecular weight is 276 g/mol. The number of rotatable bonds is 2. The number of sulfone groups is 1. The lowest BCUT2D eigenvalue weighted by molar-refractivity contribution is -0.128. The van der Waals surface area contributed by atoms with E-state index in [4.69, 9.17) is 4.74 Å². The van der Waals surface area contributed by atoms with E-state index in [1.54, 1.807) is 4.90 Å². The molecule has 104 valence electrons. The third kappa shape index (κ3) is 3.43. The lowest BCUT2D eigenvalue weighted by Crippen LogP contribution is -2.35. The van der Waals surface area contributed by atoms with Crippen molar-refractivity contribution in [1.82, 2.24) is 9.80 Å². The zero-order valence-corrected chi connectivity index (χ0v) is 11.6. The number of hydrogen-bond acceptors (Lipinski definition) is 5. The number of likely N-dealkylation sites (N-methyl/N-ethyl adjacent to an activating group) is 1. The molecule has 0 N–H and O–H groups in total. The third-order valence-corrected chi connectivity index (χ3v) is 4.24. The number of nitrogens with zero attached hydrogens (tertiary/aromatic N) is 2. The fraction of sp³-hybridized carbons (Fsp3) is 0.909. The smallest absolute Gasteiger partial charge is 0.237 e. The van der Waals surface area contributed by atoms with Crippen LogP contribution in [0.1, 0.15) is 0 Å². The minimum absolute atomic E-state index is 0.0541. The van der Waals surface area contributed by atoms with Crippen molar-refractivity contribution in [3.63, 3.8) is 0 Å². The van der Waals surface area contributed by atoms with Crippen LogP contribution in [-0.2, 0) is 19.4 Å². The molecule has 0 saturated carbocycles. The number of amides is 1. The standard InChI is InChI=1S/C11H20N2O4S/c1-12-3-4-17-10-7-13(6-9(10)5-12)11(14)8-18(2,15)16/h9-10H,3-8H2,1-2H3/t9-,10+/m1/s1. The number of fused-ring (bicyclic) bond motifs is 1. The van der Waals surface area contributed by atoms with Gasteiger partial charge in [-0.1, -0.05) is 0 Å². The van der Waals surface area contributed by atoms with Crippen molar-refractivity contribution in [2.75, 3.05) is 51.8 Å². The summed E-state index contributed by atoms with van der Waals surface area (Å²) in [5.41, 5.74) is 0. The molecule has 6 nitrogen and oxygen atoms in total. The number of hydrogen-bond donors (Lipinski definition) is 0. The Morgan fingerprint density at radius 1 is 1.33 bits per heavy atom. The molecule has 2 saturated heterocycles. The van der Waals surface area contributed by atoms with Gasteiger partial charge in [0.2, 0.25) is 5.91 Å². The SMILES string of the molecule is CN1CCO[C@H]2CN(C(=O)CS(C)(=O)=O)C[C@H]2C1. The Bertz CT molecular complexity index is 423. The second-order valence-corrected chi connectivity index (χ2v) is 7.44. The monoisotopic (exact) mass is 276 g/mol. The zero-order valence-electron chi connectivity index (χ0n) is 10.8. The highest BCUT2D eigenvalue weighted by Gasteiger charge is 2.38. The van der Waals surface area contributed by atoms with Gasteiger partial charge in [-0.3, -0.25) is 4.79 Å². The summed E-state index contributed by atoms with van der Waals surface area (Å²) in [5, 5.41) is 0. The second kappa shape index (κ2) is 5.14. The molecule has 0 unspecified atom stereocenters. The number of likely N-dealkylation sites (tertiary alicyclic amines) is 1. The summed E-state index contributed by atoms with van der Waals surface area (Å²) < 4.78 is 28.0. The van der Waals surface area contributed by atoms with Crippen molar-refractivity contribution in [1.29, 1.82) is 0 Å². The second-order valence-electron chi connectivity index (χ2n) is 5.30. The quantitative estimate of drug-likeness (QED) is 0.635. The van der Waals surface area contributed by atoms with Crippen LogP contribution in [0.4, 0.5) is 0 Å². The van der Waals surface area contributed by atoms with Crippen LogP contribution in [0.3, 0.4) is 0 Å². The molecule has 2 fully saturated rings. The van der Waals surface area contributed by atoms with E-state index < -0.39 is 15.6 Å². The van der Waals surface area contributed by atoms with Crippen LogP contribution in [0.25, 0.3) is 0 Å². The molecule has 1 amide bonds. The molecule has 2 rings (SSSR count). The van der Waals surface area contributed by atoms with Gasteiger partial charge in [0.15, 0.2) is 9.84 Å². The van der Waals surface area contributed by atoms with E-state index in [9.17, 15) is 13.2 Å². The van der Waals surface area contributed by atoms with Gasteiger partial charge in [0.05, 0.1) is 12.7 Å². The molecule has 2 aliphatic rings. The zero-order chi connectivity index (χ0) is 13.3. The lowest BCUT2D eigenvalue weighted by atomic mass is 10.1. The first-order valence-electron chi connectivity index (χ1n) is 6.11. The topological polar surface area (TPSA) is 66.9 Å². The van der Waals surface area contributed by atoms with Crippen LogP contribution < -0.4 is 0 Å². The number of ether oxygens (including phenoxy) is 1. The van der Waals surface area contributed by atoms with Crippen LogP contribution in [0.2, 0.25) is 0 Å². The Labute approximate surface area is 108 Å². The van der Waals surface area contributed by atoms with Gasteiger partial charge in [-0.2, -0.15) is 0 Å². The van der Waals surface area contributed by atoms with Crippen LogP contribution in [0, 0.1) is 5.92 Å². The van der Waals surface area contributed by atoms with Gasteiger partial charge < -0.3 is 14.5 Å². The van der Waals surface area contributed by atoms with E-state index in [0.717, 1.165) is 19.3 Å². The van der Waals surface area contributed by atoms with E-state index in [2.05, 4.69) is 4.90 Å². The van der Waals surface area contributed by atoms with E-state index in [-0.39, 0.29) is 12.0 Å². The van der Waals surface area contributed by atoms with Crippen LogP contribution in [-0.4, -0.2) is 82.1 Å². The van der Waals surface area contributed by atoms with Gasteiger partial charge >= 0.3 is 0 Å². The molecule has 0 spiro atoms. The molecular weight excluding hydrogens is 256 g/mol. The van der Waals surface area contributed by atoms with Gasteiger partial charge in [0.1, 0.15) is 5.75 Å². The van der Waals surface area contributed by atoms with Gasteiger partial charge in [-0.15, -0.1) is 0 Å². The Kier molecular flexibility index (Phi) is 3.93. The number of carbonyl (C=O) groups excluding carboxylic acids is 1. The van der Waals surface area contributed by atoms with Crippen molar-refractivity contribution in [3.8, 4) is 0 Å². The summed E-state index contributed by atoms with van der Waals surface area (Å²) in [6.07, 6.45) is 1.14. The molecule has 18 heavy (non-hydrogen) atoms. The van der Waals surface area contributed by atoms with Gasteiger partial charge in [-0.05, 0) is 7.05 Å². The molecule has 0 aromatic carbocycles. The molecule has 2 heterocycles. The highest BCUT2D eigenvalue weighted by molar-refractivity contribution is 7.91. The summed E-state index contributed by atoms with van der Waals surface area (Å²) in [6, 6.07) is 0. The first-order chi connectivity index (χ1) is 8.35. The minimum atomic E-state index is -3.25. The van der Waals surface area contributed by atoms with E-state index in [1.807, 2.05) is 7.05 Å². The molecule has 0 radical (unpaired) electrons. The number of carbonyl (C=O) groups is 1. The molecule has 0 aromatic rings. The average Bonchev–Trinajstić information content (AvgIpc) is 2.52. The lowest BCUT2D eigenvalue weighted by Gasteiger charge is -2.19. The van der Waals surface area contributed by atoms with E-state index >= 15 is 0 Å². The Morgan fingerprint density at radius 2 is 2.06 bits per heavy atom. The predicted octanol–water partition coefficient (Wildman–Crippen LogP) is -1.18. The molecule has 2 aliphatic heterocycles. The Morgan fingerprint density at radius 3 is 2.72 bits per heavy atom. The van der Waals surface area contributed by atoms with Gasteiger partial charge in [0.25, 0.3) is 0 Å². The molecule has 0 aromatic heterocycles. The van der Waals surface area contributed by atoms with Crippen LogP contribution in [0.5, 0.6) is 0 Å². The van der Waals surface area contributed by atoms with E-state index in [0.29, 0.717) is 25.6 Å².